The van der Waals surface area contributed by atoms with E-state index in [4.69, 9.17) is 4.74 Å². The van der Waals surface area contributed by atoms with Crippen LogP contribution in [0.4, 0.5) is 8.78 Å². The summed E-state index contributed by atoms with van der Waals surface area (Å²) in [7, 11) is 0. The molecule has 7 heteroatoms. The zero-order valence-electron chi connectivity index (χ0n) is 12.7. The van der Waals surface area contributed by atoms with Gasteiger partial charge in [-0.25, -0.2) is 8.78 Å². The van der Waals surface area contributed by atoms with E-state index in [2.05, 4.69) is 4.98 Å². The number of pyridine rings is 1. The number of alkyl halides is 2. The molecule has 24 heavy (non-hydrogen) atoms. The number of hydrogen-bond acceptors (Lipinski definition) is 4. The van der Waals surface area contributed by atoms with Crippen LogP contribution in [0.15, 0.2) is 48.7 Å². The molecule has 1 aromatic carbocycles. The zero-order chi connectivity index (χ0) is 17.2. The second-order valence-electron chi connectivity index (χ2n) is 5.62. The number of amides is 1. The van der Waals surface area contributed by atoms with E-state index in [1.54, 1.807) is 30.3 Å². The summed E-state index contributed by atoms with van der Waals surface area (Å²) in [6.45, 7) is -1.23. The lowest BCUT2D eigenvalue weighted by molar-refractivity contribution is 0.0115. The monoisotopic (exact) mass is 334 g/mol. The molecule has 1 atom stereocenters. The molecule has 0 radical (unpaired) electrons. The lowest BCUT2D eigenvalue weighted by Crippen LogP contribution is -2.38. The van der Waals surface area contributed by atoms with E-state index in [-0.39, 0.29) is 5.69 Å². The minimum Gasteiger partial charge on any atom is -0.457 e. The first-order valence-electron chi connectivity index (χ1n) is 7.47. The summed E-state index contributed by atoms with van der Waals surface area (Å²) in [5.41, 5.74) is -0.000388. The number of nitrogens with zero attached hydrogens (tertiary/aromatic N) is 2. The fourth-order valence-electron chi connectivity index (χ4n) is 2.66. The number of likely N-dealkylation sites (tertiary alicyclic amines) is 1. The Morgan fingerprint density at radius 3 is 2.75 bits per heavy atom. The van der Waals surface area contributed by atoms with Crippen LogP contribution in [0, 0.1) is 0 Å². The van der Waals surface area contributed by atoms with E-state index in [0.29, 0.717) is 11.5 Å². The molecule has 5 nitrogen and oxygen atoms in total. The average molecular weight is 334 g/mol. The summed E-state index contributed by atoms with van der Waals surface area (Å²) in [6.07, 6.45) is 0.836. The maximum atomic E-state index is 13.5. The molecular weight excluding hydrogens is 318 g/mol. The predicted molar refractivity (Wildman–Crippen MR) is 82.2 cm³/mol. The SMILES string of the molecule is O=C(c1cc(Oc2ccccc2)ccn1)N1CC(F)(F)CC1CO. The number of carbonyl (C=O) groups excluding carboxylic acids is 1. The molecule has 0 saturated carbocycles. The quantitative estimate of drug-likeness (QED) is 0.934. The molecule has 1 N–H and O–H groups in total. The summed E-state index contributed by atoms with van der Waals surface area (Å²) in [5.74, 6) is -2.68. The van der Waals surface area contributed by atoms with Gasteiger partial charge in [-0.1, -0.05) is 18.2 Å². The Balaban J connectivity index is 1.79. The Labute approximate surface area is 137 Å². The number of rotatable bonds is 4. The first-order valence-corrected chi connectivity index (χ1v) is 7.47. The molecule has 3 rings (SSSR count). The molecule has 1 aliphatic heterocycles. The molecule has 126 valence electrons. The Morgan fingerprint density at radius 2 is 2.04 bits per heavy atom. The van der Waals surface area contributed by atoms with Crippen LogP contribution >= 0.6 is 0 Å². The van der Waals surface area contributed by atoms with Gasteiger partial charge in [0.1, 0.15) is 17.2 Å². The van der Waals surface area contributed by atoms with Crippen molar-refractivity contribution in [3.63, 3.8) is 0 Å². The molecule has 2 aromatic rings. The van der Waals surface area contributed by atoms with Gasteiger partial charge in [-0.2, -0.15) is 0 Å². The van der Waals surface area contributed by atoms with Crippen LogP contribution in [0.3, 0.4) is 0 Å². The number of carbonyl (C=O) groups is 1. The van der Waals surface area contributed by atoms with Crippen LogP contribution in [-0.2, 0) is 0 Å². The van der Waals surface area contributed by atoms with Crippen molar-refractivity contribution >= 4 is 5.91 Å². The van der Waals surface area contributed by atoms with Crippen LogP contribution < -0.4 is 4.74 Å². The van der Waals surface area contributed by atoms with Crippen molar-refractivity contribution in [3.05, 3.63) is 54.4 Å². The number of halogens is 2. The second-order valence-corrected chi connectivity index (χ2v) is 5.62. The van der Waals surface area contributed by atoms with E-state index in [9.17, 15) is 18.7 Å². The van der Waals surface area contributed by atoms with Crippen LogP contribution in [0.25, 0.3) is 0 Å². The first-order chi connectivity index (χ1) is 11.5. The second kappa shape index (κ2) is 6.52. The summed E-state index contributed by atoms with van der Waals surface area (Å²) in [4.78, 5) is 17.4. The molecule has 0 spiro atoms. The molecule has 2 heterocycles. The van der Waals surface area contributed by atoms with Gasteiger partial charge < -0.3 is 14.7 Å². The third-order valence-corrected chi connectivity index (χ3v) is 3.78. The van der Waals surface area contributed by atoms with Crippen LogP contribution in [0.2, 0.25) is 0 Å². The van der Waals surface area contributed by atoms with Crippen molar-refractivity contribution < 1.29 is 23.4 Å². The van der Waals surface area contributed by atoms with Crippen molar-refractivity contribution in [2.45, 2.75) is 18.4 Å². The number of aromatic nitrogens is 1. The van der Waals surface area contributed by atoms with Crippen molar-refractivity contribution in [2.75, 3.05) is 13.2 Å². The molecule has 1 amide bonds. The van der Waals surface area contributed by atoms with E-state index in [0.717, 1.165) is 4.90 Å². The number of para-hydroxylation sites is 1. The zero-order valence-corrected chi connectivity index (χ0v) is 12.7. The maximum absolute atomic E-state index is 13.5. The minimum atomic E-state index is -3.00. The fourth-order valence-corrected chi connectivity index (χ4v) is 2.66. The third kappa shape index (κ3) is 3.51. The van der Waals surface area contributed by atoms with Gasteiger partial charge in [0.25, 0.3) is 11.8 Å². The Morgan fingerprint density at radius 1 is 1.29 bits per heavy atom. The van der Waals surface area contributed by atoms with Crippen LogP contribution in [0.1, 0.15) is 16.9 Å². The van der Waals surface area contributed by atoms with Crippen molar-refractivity contribution in [1.29, 1.82) is 0 Å². The number of benzene rings is 1. The first kappa shape index (κ1) is 16.3. The molecule has 0 bridgehead atoms. The van der Waals surface area contributed by atoms with Crippen LogP contribution in [0.5, 0.6) is 11.5 Å². The highest BCUT2D eigenvalue weighted by molar-refractivity contribution is 5.93. The van der Waals surface area contributed by atoms with Gasteiger partial charge >= 0.3 is 0 Å². The van der Waals surface area contributed by atoms with Gasteiger partial charge in [0.05, 0.1) is 19.2 Å². The molecule has 1 aromatic heterocycles. The number of ether oxygens (including phenoxy) is 1. The number of aliphatic hydroxyl groups is 1. The fraction of sp³-hybridized carbons (Fsp3) is 0.294. The van der Waals surface area contributed by atoms with Gasteiger partial charge in [0.2, 0.25) is 0 Å². The van der Waals surface area contributed by atoms with E-state index < -0.39 is 37.4 Å². The molecule has 1 fully saturated rings. The smallest absolute Gasteiger partial charge is 0.273 e. The Hall–Kier alpha value is -2.54. The molecule has 1 saturated heterocycles. The maximum Gasteiger partial charge on any atom is 0.273 e. The van der Waals surface area contributed by atoms with Gasteiger partial charge in [-0.05, 0) is 18.2 Å². The lowest BCUT2D eigenvalue weighted by Gasteiger charge is -2.21. The van der Waals surface area contributed by atoms with Crippen LogP contribution in [-0.4, -0.2) is 46.0 Å². The molecule has 0 aliphatic carbocycles. The lowest BCUT2D eigenvalue weighted by atomic mass is 10.2. The third-order valence-electron chi connectivity index (χ3n) is 3.78. The normalized spacial score (nSPS) is 19.3. The average Bonchev–Trinajstić information content (AvgIpc) is 2.90. The van der Waals surface area contributed by atoms with Gasteiger partial charge in [-0.15, -0.1) is 0 Å². The number of hydrogen-bond donors (Lipinski definition) is 1. The van der Waals surface area contributed by atoms with E-state index in [1.165, 1.54) is 12.3 Å². The largest absolute Gasteiger partial charge is 0.457 e. The van der Waals surface area contributed by atoms with Gasteiger partial charge in [-0.3, -0.25) is 9.78 Å². The minimum absolute atomic E-state index is 0.000388. The summed E-state index contributed by atoms with van der Waals surface area (Å²) in [6, 6.07) is 11.0. The van der Waals surface area contributed by atoms with E-state index >= 15 is 0 Å². The molecule has 1 unspecified atom stereocenters. The highest BCUT2D eigenvalue weighted by Gasteiger charge is 2.47. The number of aliphatic hydroxyl groups excluding tert-OH is 1. The summed E-state index contributed by atoms with van der Waals surface area (Å²) in [5, 5.41) is 9.24. The van der Waals surface area contributed by atoms with Gasteiger partial charge in [0, 0.05) is 18.7 Å². The van der Waals surface area contributed by atoms with Gasteiger partial charge in [0.15, 0.2) is 0 Å². The summed E-state index contributed by atoms with van der Waals surface area (Å²) < 4.78 is 32.7. The Bertz CT molecular complexity index is 725. The molecular formula is C17H16F2N2O3. The topological polar surface area (TPSA) is 62.7 Å². The molecule has 1 aliphatic rings. The van der Waals surface area contributed by atoms with Crippen molar-refractivity contribution in [3.8, 4) is 11.5 Å². The highest BCUT2D eigenvalue weighted by Crippen LogP contribution is 2.33. The van der Waals surface area contributed by atoms with E-state index in [1.807, 2.05) is 6.07 Å². The standard InChI is InChI=1S/C17H16F2N2O3/c18-17(19)9-12(10-22)21(11-17)16(23)15-8-14(6-7-20-15)24-13-4-2-1-3-5-13/h1-8,12,22H,9-11H2. The predicted octanol–water partition coefficient (Wildman–Crippen LogP) is 2.72. The summed E-state index contributed by atoms with van der Waals surface area (Å²) >= 11 is 0. The van der Waals surface area contributed by atoms with Crippen molar-refractivity contribution in [1.82, 2.24) is 9.88 Å². The Kier molecular flexibility index (Phi) is 4.44. The van der Waals surface area contributed by atoms with Crippen molar-refractivity contribution in [2.24, 2.45) is 0 Å². The highest BCUT2D eigenvalue weighted by atomic mass is 19.3.